The molecule has 0 saturated heterocycles. The lowest BCUT2D eigenvalue weighted by molar-refractivity contribution is -0.124. The number of carbonyl (C=O) groups is 1. The second kappa shape index (κ2) is 37.2. The molecule has 4 N–H and O–H groups in total. The molecule has 5 nitrogen and oxygen atoms in total. The molecule has 276 valence electrons. The lowest BCUT2D eigenvalue weighted by Gasteiger charge is -2.26. The predicted molar refractivity (Wildman–Crippen MR) is 199 cm³/mol. The van der Waals surface area contributed by atoms with Crippen molar-refractivity contribution in [3.63, 3.8) is 0 Å². The zero-order valence-electron chi connectivity index (χ0n) is 31.2. The van der Waals surface area contributed by atoms with Crippen LogP contribution in [-0.2, 0) is 4.79 Å². The van der Waals surface area contributed by atoms with Crippen LogP contribution in [0.15, 0.2) is 0 Å². The van der Waals surface area contributed by atoms with E-state index in [9.17, 15) is 20.1 Å². The average molecular weight is 654 g/mol. The van der Waals surface area contributed by atoms with Gasteiger partial charge >= 0.3 is 0 Å². The summed E-state index contributed by atoms with van der Waals surface area (Å²) in [4.78, 5) is 12.4. The minimum atomic E-state index is -1.13. The molecule has 0 aromatic carbocycles. The highest BCUT2D eigenvalue weighted by atomic mass is 16.3. The minimum Gasteiger partial charge on any atom is -0.394 e. The quantitative estimate of drug-likeness (QED) is 0.0499. The van der Waals surface area contributed by atoms with Gasteiger partial charge in [0.2, 0.25) is 5.91 Å². The largest absolute Gasteiger partial charge is 0.394 e. The molecular formula is C41H83NO4. The van der Waals surface area contributed by atoms with Crippen molar-refractivity contribution in [2.75, 3.05) is 6.61 Å². The molecule has 0 aliphatic rings. The van der Waals surface area contributed by atoms with Gasteiger partial charge in [-0.3, -0.25) is 4.79 Å². The third-order valence-electron chi connectivity index (χ3n) is 9.96. The summed E-state index contributed by atoms with van der Waals surface area (Å²) in [5.41, 5.74) is 0. The number of amides is 1. The van der Waals surface area contributed by atoms with Crippen LogP contribution in [0.25, 0.3) is 0 Å². The Kier molecular flexibility index (Phi) is 36.6. The lowest BCUT2D eigenvalue weighted by Crippen LogP contribution is -2.50. The molecule has 0 fully saturated rings. The Labute approximate surface area is 287 Å². The van der Waals surface area contributed by atoms with Crippen LogP contribution in [0.2, 0.25) is 0 Å². The van der Waals surface area contributed by atoms with Crippen LogP contribution in [0.4, 0.5) is 0 Å². The summed E-state index contributed by atoms with van der Waals surface area (Å²) in [5, 5.41) is 33.5. The van der Waals surface area contributed by atoms with Crippen LogP contribution in [0.5, 0.6) is 0 Å². The van der Waals surface area contributed by atoms with E-state index in [2.05, 4.69) is 19.2 Å². The first-order valence-corrected chi connectivity index (χ1v) is 20.8. The molecule has 0 radical (unpaired) electrons. The van der Waals surface area contributed by atoms with Crippen molar-refractivity contribution in [3.05, 3.63) is 0 Å². The Bertz CT molecular complexity index is 601. The lowest BCUT2D eigenvalue weighted by atomic mass is 9.99. The van der Waals surface area contributed by atoms with Crippen molar-refractivity contribution >= 4 is 5.91 Å². The fourth-order valence-electron chi connectivity index (χ4n) is 6.69. The Morgan fingerprint density at radius 2 is 0.739 bits per heavy atom. The maximum atomic E-state index is 12.4. The van der Waals surface area contributed by atoms with Crippen molar-refractivity contribution in [1.82, 2.24) is 5.32 Å². The molecule has 0 rings (SSSR count). The summed E-state index contributed by atoms with van der Waals surface area (Å²) >= 11 is 0. The fraction of sp³-hybridized carbons (Fsp3) is 0.976. The fourth-order valence-corrected chi connectivity index (χ4v) is 6.69. The predicted octanol–water partition coefficient (Wildman–Crippen LogP) is 11.5. The van der Waals surface area contributed by atoms with Gasteiger partial charge in [0.05, 0.1) is 18.8 Å². The van der Waals surface area contributed by atoms with Crippen molar-refractivity contribution in [2.45, 2.75) is 250 Å². The number of aliphatic hydroxyl groups excluding tert-OH is 3. The van der Waals surface area contributed by atoms with Gasteiger partial charge < -0.3 is 20.6 Å². The number of nitrogens with one attached hydrogen (secondary N) is 1. The van der Waals surface area contributed by atoms with Gasteiger partial charge in [0.15, 0.2) is 0 Å². The molecule has 0 heterocycles. The van der Waals surface area contributed by atoms with Crippen LogP contribution < -0.4 is 5.32 Å². The SMILES string of the molecule is CCCCCCCCCCCCCCCCCCCCC(=O)N[C@@H](CO)[C@H](O)[C@H](O)CCCCCCCCCCCCCCCC. The number of carbonyl (C=O) groups excluding carboxylic acids is 1. The van der Waals surface area contributed by atoms with E-state index >= 15 is 0 Å². The molecule has 0 aromatic rings. The molecule has 0 saturated carbocycles. The summed E-state index contributed by atoms with van der Waals surface area (Å²) in [6, 6.07) is -0.801. The Hall–Kier alpha value is -0.650. The topological polar surface area (TPSA) is 89.8 Å². The molecule has 0 aliphatic heterocycles. The summed E-state index contributed by atoms with van der Waals surface area (Å²) in [7, 11) is 0. The monoisotopic (exact) mass is 654 g/mol. The van der Waals surface area contributed by atoms with E-state index in [1.54, 1.807) is 0 Å². The van der Waals surface area contributed by atoms with Crippen molar-refractivity contribution in [1.29, 1.82) is 0 Å². The molecule has 0 spiro atoms. The standard InChI is InChI=1S/C41H83NO4/c1-3-5-7-9-11-13-15-17-19-20-21-22-24-26-28-30-32-34-36-40(45)42-38(37-43)41(46)39(44)35-33-31-29-27-25-23-18-16-14-12-10-8-6-4-2/h38-39,41,43-44,46H,3-37H2,1-2H3,(H,42,45)/t38-,39+,41-/m0/s1. The van der Waals surface area contributed by atoms with Gasteiger partial charge in [0.25, 0.3) is 0 Å². The zero-order chi connectivity index (χ0) is 33.8. The third-order valence-corrected chi connectivity index (χ3v) is 9.96. The molecule has 0 bridgehead atoms. The first-order chi connectivity index (χ1) is 22.6. The van der Waals surface area contributed by atoms with Gasteiger partial charge in [0, 0.05) is 6.42 Å². The van der Waals surface area contributed by atoms with Gasteiger partial charge in [-0.25, -0.2) is 0 Å². The highest BCUT2D eigenvalue weighted by Gasteiger charge is 2.26. The van der Waals surface area contributed by atoms with E-state index in [0.29, 0.717) is 12.8 Å². The van der Waals surface area contributed by atoms with E-state index in [1.165, 1.54) is 173 Å². The van der Waals surface area contributed by atoms with E-state index in [1.807, 2.05) is 0 Å². The second-order valence-corrected chi connectivity index (χ2v) is 14.6. The molecule has 5 heteroatoms. The average Bonchev–Trinajstić information content (AvgIpc) is 3.06. The van der Waals surface area contributed by atoms with Gasteiger partial charge in [-0.1, -0.05) is 213 Å². The highest BCUT2D eigenvalue weighted by Crippen LogP contribution is 2.17. The van der Waals surface area contributed by atoms with Crippen molar-refractivity contribution < 1.29 is 20.1 Å². The van der Waals surface area contributed by atoms with Crippen LogP contribution >= 0.6 is 0 Å². The second-order valence-electron chi connectivity index (χ2n) is 14.6. The molecule has 0 aromatic heterocycles. The van der Waals surface area contributed by atoms with Crippen LogP contribution in [0.3, 0.4) is 0 Å². The van der Waals surface area contributed by atoms with Crippen molar-refractivity contribution in [3.8, 4) is 0 Å². The Morgan fingerprint density at radius 1 is 0.457 bits per heavy atom. The summed E-state index contributed by atoms with van der Waals surface area (Å²) < 4.78 is 0. The molecule has 0 unspecified atom stereocenters. The van der Waals surface area contributed by atoms with Crippen molar-refractivity contribution in [2.24, 2.45) is 0 Å². The van der Waals surface area contributed by atoms with Crippen LogP contribution in [-0.4, -0.2) is 46.1 Å². The maximum absolute atomic E-state index is 12.4. The van der Waals surface area contributed by atoms with E-state index in [4.69, 9.17) is 0 Å². The summed E-state index contributed by atoms with van der Waals surface area (Å²) in [6.07, 6.45) is 40.6. The highest BCUT2D eigenvalue weighted by molar-refractivity contribution is 5.76. The minimum absolute atomic E-state index is 0.140. The van der Waals surface area contributed by atoms with E-state index in [-0.39, 0.29) is 12.5 Å². The Morgan fingerprint density at radius 3 is 1.04 bits per heavy atom. The number of hydrogen-bond donors (Lipinski definition) is 4. The van der Waals surface area contributed by atoms with Gasteiger partial charge in [-0.2, -0.15) is 0 Å². The normalized spacial score (nSPS) is 13.6. The number of unbranched alkanes of at least 4 members (excludes halogenated alkanes) is 30. The summed E-state index contributed by atoms with van der Waals surface area (Å²) in [5.74, 6) is -0.140. The molecule has 46 heavy (non-hydrogen) atoms. The third kappa shape index (κ3) is 31.9. The number of hydrogen-bond acceptors (Lipinski definition) is 4. The van der Waals surface area contributed by atoms with E-state index in [0.717, 1.165) is 32.1 Å². The molecule has 1 amide bonds. The first kappa shape index (κ1) is 45.3. The first-order valence-electron chi connectivity index (χ1n) is 20.8. The van der Waals surface area contributed by atoms with Crippen LogP contribution in [0, 0.1) is 0 Å². The number of rotatable bonds is 38. The Balaban J connectivity index is 3.60. The number of aliphatic hydroxyl groups is 3. The van der Waals surface area contributed by atoms with Gasteiger partial charge in [-0.15, -0.1) is 0 Å². The maximum Gasteiger partial charge on any atom is 0.220 e. The van der Waals surface area contributed by atoms with Crippen LogP contribution in [0.1, 0.15) is 232 Å². The zero-order valence-corrected chi connectivity index (χ0v) is 31.2. The van der Waals surface area contributed by atoms with Gasteiger partial charge in [-0.05, 0) is 12.8 Å². The molecule has 0 aliphatic carbocycles. The van der Waals surface area contributed by atoms with Gasteiger partial charge in [0.1, 0.15) is 6.10 Å². The smallest absolute Gasteiger partial charge is 0.220 e. The summed E-state index contributed by atoms with van der Waals surface area (Å²) in [6.45, 7) is 4.19. The molecular weight excluding hydrogens is 570 g/mol. The van der Waals surface area contributed by atoms with E-state index < -0.39 is 18.2 Å². The molecule has 3 atom stereocenters.